The van der Waals surface area contributed by atoms with Gasteiger partial charge in [-0.15, -0.1) is 0 Å². The number of anilines is 2. The Morgan fingerprint density at radius 2 is 2.00 bits per heavy atom. The molecule has 0 spiro atoms. The lowest BCUT2D eigenvalue weighted by Gasteiger charge is -2.22. The van der Waals surface area contributed by atoms with Crippen molar-refractivity contribution in [1.82, 2.24) is 9.69 Å². The van der Waals surface area contributed by atoms with E-state index in [4.69, 9.17) is 10.1 Å². The van der Waals surface area contributed by atoms with E-state index in [2.05, 4.69) is 15.0 Å². The third kappa shape index (κ3) is 4.42. The van der Waals surface area contributed by atoms with Crippen molar-refractivity contribution in [2.45, 2.75) is 32.1 Å². The van der Waals surface area contributed by atoms with Crippen molar-refractivity contribution >= 4 is 28.1 Å². The molecular weight excluding hydrogens is 336 g/mol. The zero-order chi connectivity index (χ0) is 17.6. The second kappa shape index (κ2) is 8.20. The van der Waals surface area contributed by atoms with Crippen LogP contribution in [0.15, 0.2) is 24.3 Å². The summed E-state index contributed by atoms with van der Waals surface area (Å²) in [6, 6.07) is 7.49. The molecule has 0 amide bonds. The molecule has 0 aliphatic heterocycles. The molecule has 4 N–H and O–H groups in total. The summed E-state index contributed by atoms with van der Waals surface area (Å²) in [5, 5.41) is 25.4. The molecule has 1 aliphatic carbocycles. The minimum Gasteiger partial charge on any atom is -0.497 e. The molecule has 1 aromatic heterocycles. The summed E-state index contributed by atoms with van der Waals surface area (Å²) in [6.07, 6.45) is 6.29. The van der Waals surface area contributed by atoms with Gasteiger partial charge < -0.3 is 20.5 Å². The molecule has 1 aliphatic rings. The number of nitrogens with one attached hydrogen (secondary N) is 3. The molecule has 0 radical (unpaired) electrons. The van der Waals surface area contributed by atoms with E-state index in [0.29, 0.717) is 16.5 Å². The van der Waals surface area contributed by atoms with Gasteiger partial charge in [-0.25, -0.2) is 0 Å². The highest BCUT2D eigenvalue weighted by Gasteiger charge is 2.20. The molecule has 25 heavy (non-hydrogen) atoms. The second-order valence-corrected chi connectivity index (χ2v) is 7.10. The zero-order valence-electron chi connectivity index (χ0n) is 14.3. The first-order valence-corrected chi connectivity index (χ1v) is 9.37. The van der Waals surface area contributed by atoms with Gasteiger partial charge in [0.1, 0.15) is 22.1 Å². The standard InChI is InChI=1S/C18H24N4O2S/c1-24-14-9-7-13(8-10-14)21-18-15(17(23)22-25-18)16(19)20-11-12-5-3-2-4-6-12/h7-10,12,21H,2-6,11H2,1H3,(H2,19,20)(H,22,23). The van der Waals surface area contributed by atoms with E-state index in [0.717, 1.165) is 29.5 Å². The molecule has 2 aromatic rings. The van der Waals surface area contributed by atoms with Crippen molar-refractivity contribution in [1.29, 1.82) is 5.41 Å². The van der Waals surface area contributed by atoms with Crippen LogP contribution in [0.25, 0.3) is 0 Å². The minimum atomic E-state index is -0.109. The summed E-state index contributed by atoms with van der Waals surface area (Å²) >= 11 is 1.15. The highest BCUT2D eigenvalue weighted by molar-refractivity contribution is 7.11. The Labute approximate surface area is 151 Å². The molecule has 6 nitrogen and oxygen atoms in total. The number of hydrogen-bond acceptors (Lipinski definition) is 6. The van der Waals surface area contributed by atoms with Gasteiger partial charge >= 0.3 is 0 Å². The lowest BCUT2D eigenvalue weighted by molar-refractivity contribution is 0.356. The Hall–Kier alpha value is -2.28. The van der Waals surface area contributed by atoms with Crippen LogP contribution in [0.3, 0.4) is 0 Å². The molecule has 1 fully saturated rings. The van der Waals surface area contributed by atoms with E-state index in [1.807, 2.05) is 24.3 Å². The van der Waals surface area contributed by atoms with Gasteiger partial charge in [0.2, 0.25) is 5.88 Å². The third-order valence-electron chi connectivity index (χ3n) is 4.56. The summed E-state index contributed by atoms with van der Waals surface area (Å²) in [5.74, 6) is 1.50. The zero-order valence-corrected chi connectivity index (χ0v) is 15.2. The summed E-state index contributed by atoms with van der Waals surface area (Å²) in [5.41, 5.74) is 1.28. The molecule has 0 unspecified atom stereocenters. The number of methoxy groups -OCH3 is 1. The van der Waals surface area contributed by atoms with Crippen LogP contribution in [0.1, 0.15) is 37.7 Å². The number of rotatable bonds is 6. The Morgan fingerprint density at radius 1 is 1.28 bits per heavy atom. The van der Waals surface area contributed by atoms with Gasteiger partial charge in [-0.2, -0.15) is 4.37 Å². The minimum absolute atomic E-state index is 0.109. The molecule has 3 rings (SSSR count). The molecule has 7 heteroatoms. The van der Waals surface area contributed by atoms with Crippen molar-refractivity contribution in [3.8, 4) is 11.6 Å². The van der Waals surface area contributed by atoms with Crippen LogP contribution < -0.4 is 15.4 Å². The fraction of sp³-hybridized carbons (Fsp3) is 0.444. The lowest BCUT2D eigenvalue weighted by Crippen LogP contribution is -2.30. The van der Waals surface area contributed by atoms with E-state index in [1.54, 1.807) is 7.11 Å². The maximum absolute atomic E-state index is 10.1. The van der Waals surface area contributed by atoms with Crippen LogP contribution in [-0.2, 0) is 0 Å². The fourth-order valence-corrected chi connectivity index (χ4v) is 3.84. The number of amidine groups is 1. The van der Waals surface area contributed by atoms with Gasteiger partial charge in [0.15, 0.2) is 0 Å². The number of hydrogen-bond donors (Lipinski definition) is 4. The van der Waals surface area contributed by atoms with Gasteiger partial charge in [-0.3, -0.25) is 5.41 Å². The predicted molar refractivity (Wildman–Crippen MR) is 101 cm³/mol. The first kappa shape index (κ1) is 17.5. The van der Waals surface area contributed by atoms with E-state index < -0.39 is 0 Å². The normalized spacial score (nSPS) is 14.9. The van der Waals surface area contributed by atoms with Crippen LogP contribution in [0, 0.1) is 11.3 Å². The van der Waals surface area contributed by atoms with E-state index >= 15 is 0 Å². The molecule has 0 bridgehead atoms. The molecule has 1 aromatic carbocycles. The van der Waals surface area contributed by atoms with Crippen molar-refractivity contribution in [3.63, 3.8) is 0 Å². The Balaban J connectivity index is 1.66. The first-order chi connectivity index (χ1) is 12.2. The van der Waals surface area contributed by atoms with Crippen LogP contribution in [-0.4, -0.2) is 29.0 Å². The highest BCUT2D eigenvalue weighted by Crippen LogP contribution is 2.32. The fourth-order valence-electron chi connectivity index (χ4n) is 3.12. The number of aromatic hydroxyl groups is 1. The number of benzene rings is 1. The average molecular weight is 360 g/mol. The predicted octanol–water partition coefficient (Wildman–Crippen LogP) is 4.10. The highest BCUT2D eigenvalue weighted by atomic mass is 32.1. The topological polar surface area (TPSA) is 90.3 Å². The molecular formula is C18H24N4O2S. The summed E-state index contributed by atoms with van der Waals surface area (Å²) in [7, 11) is 1.63. The van der Waals surface area contributed by atoms with Gasteiger partial charge in [0, 0.05) is 12.2 Å². The summed E-state index contributed by atoms with van der Waals surface area (Å²) < 4.78 is 9.14. The van der Waals surface area contributed by atoms with Crippen molar-refractivity contribution < 1.29 is 9.84 Å². The SMILES string of the molecule is COc1ccc(Nc2snc(O)c2C(=N)NCC2CCCCC2)cc1. The largest absolute Gasteiger partial charge is 0.497 e. The van der Waals surface area contributed by atoms with Crippen molar-refractivity contribution in [3.05, 3.63) is 29.8 Å². The van der Waals surface area contributed by atoms with Crippen LogP contribution in [0.5, 0.6) is 11.6 Å². The van der Waals surface area contributed by atoms with Gasteiger partial charge in [0.25, 0.3) is 0 Å². The third-order valence-corrected chi connectivity index (χ3v) is 5.32. The smallest absolute Gasteiger partial charge is 0.236 e. The number of ether oxygens (including phenoxy) is 1. The van der Waals surface area contributed by atoms with E-state index in [9.17, 15) is 5.11 Å². The Bertz CT molecular complexity index is 708. The van der Waals surface area contributed by atoms with Crippen LogP contribution in [0.2, 0.25) is 0 Å². The van der Waals surface area contributed by atoms with Crippen molar-refractivity contribution in [2.75, 3.05) is 19.0 Å². The Morgan fingerprint density at radius 3 is 2.68 bits per heavy atom. The molecule has 1 saturated carbocycles. The van der Waals surface area contributed by atoms with Gasteiger partial charge in [0.05, 0.1) is 7.11 Å². The number of aromatic nitrogens is 1. The molecule has 134 valence electrons. The molecule has 1 heterocycles. The summed E-state index contributed by atoms with van der Waals surface area (Å²) in [6.45, 7) is 0.774. The lowest BCUT2D eigenvalue weighted by atomic mass is 9.89. The Kier molecular flexibility index (Phi) is 5.75. The van der Waals surface area contributed by atoms with Gasteiger partial charge in [-0.1, -0.05) is 19.3 Å². The average Bonchev–Trinajstić information content (AvgIpc) is 3.01. The maximum Gasteiger partial charge on any atom is 0.236 e. The van der Waals surface area contributed by atoms with Gasteiger partial charge in [-0.05, 0) is 54.6 Å². The second-order valence-electron chi connectivity index (χ2n) is 6.32. The van der Waals surface area contributed by atoms with Crippen LogP contribution in [0.4, 0.5) is 10.7 Å². The molecule has 0 atom stereocenters. The quantitative estimate of drug-likeness (QED) is 0.460. The molecule has 0 saturated heterocycles. The number of nitrogens with zero attached hydrogens (tertiary/aromatic N) is 1. The monoisotopic (exact) mass is 360 g/mol. The van der Waals surface area contributed by atoms with Crippen LogP contribution >= 0.6 is 11.5 Å². The maximum atomic E-state index is 10.1. The summed E-state index contributed by atoms with van der Waals surface area (Å²) in [4.78, 5) is 0. The van der Waals surface area contributed by atoms with E-state index in [-0.39, 0.29) is 11.7 Å². The van der Waals surface area contributed by atoms with E-state index in [1.165, 1.54) is 32.1 Å². The first-order valence-electron chi connectivity index (χ1n) is 8.60. The van der Waals surface area contributed by atoms with Crippen molar-refractivity contribution in [2.24, 2.45) is 5.92 Å².